The Hall–Kier alpha value is -1.73. The van der Waals surface area contributed by atoms with Crippen molar-refractivity contribution in [2.24, 2.45) is 12.9 Å². The molecule has 0 saturated carbocycles. The van der Waals surface area contributed by atoms with Crippen molar-refractivity contribution in [1.82, 2.24) is 30.0 Å². The third-order valence-corrected chi connectivity index (χ3v) is 2.71. The lowest BCUT2D eigenvalue weighted by Crippen LogP contribution is -2.30. The molecule has 2 aromatic rings. The van der Waals surface area contributed by atoms with Crippen molar-refractivity contribution >= 4 is 0 Å². The summed E-state index contributed by atoms with van der Waals surface area (Å²) in [5, 5.41) is 8.27. The van der Waals surface area contributed by atoms with Crippen LogP contribution in [0.5, 0.6) is 0 Å². The maximum absolute atomic E-state index is 5.58. The van der Waals surface area contributed by atoms with Crippen LogP contribution >= 0.6 is 0 Å². The Kier molecular flexibility index (Phi) is 3.50. The van der Waals surface area contributed by atoms with Crippen molar-refractivity contribution in [1.29, 1.82) is 0 Å². The maximum Gasteiger partial charge on any atom is 0.138 e. The zero-order valence-corrected chi connectivity index (χ0v) is 10.0. The SMILES string of the molecule is CCn1ncnc1CC(NN)c1cnn(C)c1. The minimum absolute atomic E-state index is 0.00167. The smallest absolute Gasteiger partial charge is 0.138 e. The summed E-state index contributed by atoms with van der Waals surface area (Å²) in [5.74, 6) is 6.49. The van der Waals surface area contributed by atoms with E-state index in [2.05, 4.69) is 20.6 Å². The second-order valence-corrected chi connectivity index (χ2v) is 3.86. The van der Waals surface area contributed by atoms with Crippen molar-refractivity contribution in [3.05, 3.63) is 30.1 Å². The Morgan fingerprint density at radius 3 is 2.88 bits per heavy atom. The Morgan fingerprint density at radius 1 is 1.47 bits per heavy atom. The van der Waals surface area contributed by atoms with Crippen molar-refractivity contribution in [3.63, 3.8) is 0 Å². The lowest BCUT2D eigenvalue weighted by Gasteiger charge is -2.13. The van der Waals surface area contributed by atoms with Gasteiger partial charge in [0, 0.05) is 31.8 Å². The van der Waals surface area contributed by atoms with Crippen LogP contribution in [0.3, 0.4) is 0 Å². The molecule has 7 heteroatoms. The van der Waals surface area contributed by atoms with Gasteiger partial charge in [-0.15, -0.1) is 0 Å². The van der Waals surface area contributed by atoms with Gasteiger partial charge in [0.25, 0.3) is 0 Å². The van der Waals surface area contributed by atoms with E-state index in [9.17, 15) is 0 Å². The molecule has 92 valence electrons. The maximum atomic E-state index is 5.58. The minimum atomic E-state index is -0.00167. The Balaban J connectivity index is 2.15. The van der Waals surface area contributed by atoms with Crippen molar-refractivity contribution in [3.8, 4) is 0 Å². The molecule has 0 aliphatic heterocycles. The molecule has 7 nitrogen and oxygen atoms in total. The van der Waals surface area contributed by atoms with Crippen LogP contribution in [0, 0.1) is 0 Å². The zero-order valence-electron chi connectivity index (χ0n) is 10.0. The molecule has 0 radical (unpaired) electrons. The van der Waals surface area contributed by atoms with Gasteiger partial charge in [-0.1, -0.05) is 0 Å². The quantitative estimate of drug-likeness (QED) is 0.552. The summed E-state index contributed by atoms with van der Waals surface area (Å²) in [6, 6.07) is -0.00167. The number of hydrogen-bond donors (Lipinski definition) is 2. The Bertz CT molecular complexity index is 472. The van der Waals surface area contributed by atoms with Gasteiger partial charge in [-0.05, 0) is 6.92 Å². The molecule has 0 saturated heterocycles. The number of rotatable bonds is 5. The molecule has 0 aliphatic rings. The number of aromatic nitrogens is 5. The van der Waals surface area contributed by atoms with Crippen LogP contribution in [0.2, 0.25) is 0 Å². The number of aryl methyl sites for hydroxylation is 2. The molecule has 2 heterocycles. The van der Waals surface area contributed by atoms with E-state index in [1.54, 1.807) is 17.2 Å². The van der Waals surface area contributed by atoms with Crippen LogP contribution in [-0.4, -0.2) is 24.5 Å². The van der Waals surface area contributed by atoms with Crippen LogP contribution in [0.25, 0.3) is 0 Å². The van der Waals surface area contributed by atoms with Crippen molar-refractivity contribution in [2.45, 2.75) is 25.9 Å². The topological polar surface area (TPSA) is 86.6 Å². The fraction of sp³-hybridized carbons (Fsp3) is 0.500. The highest BCUT2D eigenvalue weighted by Crippen LogP contribution is 2.15. The summed E-state index contributed by atoms with van der Waals surface area (Å²) in [6.45, 7) is 2.84. The lowest BCUT2D eigenvalue weighted by molar-refractivity contribution is 0.510. The third-order valence-electron chi connectivity index (χ3n) is 2.71. The van der Waals surface area contributed by atoms with Gasteiger partial charge in [-0.2, -0.15) is 10.2 Å². The standard InChI is InChI=1S/C10H17N7/c1-3-17-10(12-7-14-17)4-9(15-11)8-5-13-16(2)6-8/h5-7,9,15H,3-4,11H2,1-2H3. The van der Waals surface area contributed by atoms with Gasteiger partial charge < -0.3 is 0 Å². The Morgan fingerprint density at radius 2 is 2.29 bits per heavy atom. The van der Waals surface area contributed by atoms with E-state index < -0.39 is 0 Å². The van der Waals surface area contributed by atoms with Crippen molar-refractivity contribution in [2.75, 3.05) is 0 Å². The summed E-state index contributed by atoms with van der Waals surface area (Å²) < 4.78 is 3.62. The number of nitrogens with two attached hydrogens (primary N) is 1. The molecule has 17 heavy (non-hydrogen) atoms. The molecule has 2 rings (SSSR count). The van der Waals surface area contributed by atoms with E-state index in [-0.39, 0.29) is 6.04 Å². The van der Waals surface area contributed by atoms with Gasteiger partial charge in [-0.25, -0.2) is 4.98 Å². The fourth-order valence-electron chi connectivity index (χ4n) is 1.79. The molecule has 0 aromatic carbocycles. The first-order valence-electron chi connectivity index (χ1n) is 5.56. The number of hydrogen-bond acceptors (Lipinski definition) is 5. The van der Waals surface area contributed by atoms with Gasteiger partial charge in [0.1, 0.15) is 12.2 Å². The monoisotopic (exact) mass is 235 g/mol. The van der Waals surface area contributed by atoms with Crippen LogP contribution < -0.4 is 11.3 Å². The van der Waals surface area contributed by atoms with Crippen molar-refractivity contribution < 1.29 is 0 Å². The first-order valence-corrected chi connectivity index (χ1v) is 5.56. The predicted molar refractivity (Wildman–Crippen MR) is 62.7 cm³/mol. The molecule has 0 spiro atoms. The van der Waals surface area contributed by atoms with E-state index in [4.69, 9.17) is 5.84 Å². The molecule has 1 atom stereocenters. The zero-order chi connectivity index (χ0) is 12.3. The summed E-state index contributed by atoms with van der Waals surface area (Å²) in [6.07, 6.45) is 6.00. The normalized spacial score (nSPS) is 12.9. The highest BCUT2D eigenvalue weighted by molar-refractivity contribution is 5.12. The summed E-state index contributed by atoms with van der Waals surface area (Å²) >= 11 is 0. The molecule has 0 amide bonds. The van der Waals surface area contributed by atoms with Crippen LogP contribution in [0.15, 0.2) is 18.7 Å². The number of nitrogens with one attached hydrogen (secondary N) is 1. The molecule has 3 N–H and O–H groups in total. The van der Waals surface area contributed by atoms with Gasteiger partial charge in [-0.3, -0.25) is 20.6 Å². The lowest BCUT2D eigenvalue weighted by atomic mass is 10.1. The molecule has 0 aliphatic carbocycles. The molecule has 2 aromatic heterocycles. The molecular weight excluding hydrogens is 218 g/mol. The second kappa shape index (κ2) is 5.07. The third kappa shape index (κ3) is 2.51. The second-order valence-electron chi connectivity index (χ2n) is 3.86. The van der Waals surface area contributed by atoms with Crippen LogP contribution in [0.1, 0.15) is 24.4 Å². The molecule has 0 fully saturated rings. The predicted octanol–water partition coefficient (Wildman–Crippen LogP) is -0.221. The van der Waals surface area contributed by atoms with Gasteiger partial charge in [0.2, 0.25) is 0 Å². The van der Waals surface area contributed by atoms with Crippen LogP contribution in [0.4, 0.5) is 0 Å². The molecule has 0 bridgehead atoms. The number of nitrogens with zero attached hydrogens (tertiary/aromatic N) is 5. The Labute approximate surface area is 99.6 Å². The van der Waals surface area contributed by atoms with Gasteiger partial charge >= 0.3 is 0 Å². The minimum Gasteiger partial charge on any atom is -0.275 e. The highest BCUT2D eigenvalue weighted by atomic mass is 15.3. The van der Waals surface area contributed by atoms with Crippen LogP contribution in [-0.2, 0) is 20.0 Å². The molecular formula is C10H17N7. The van der Waals surface area contributed by atoms with E-state index in [0.717, 1.165) is 17.9 Å². The first kappa shape index (κ1) is 11.7. The molecule has 1 unspecified atom stereocenters. The first-order chi connectivity index (χ1) is 8.24. The van der Waals surface area contributed by atoms with Gasteiger partial charge in [0.05, 0.1) is 12.2 Å². The van der Waals surface area contributed by atoms with Gasteiger partial charge in [0.15, 0.2) is 0 Å². The van der Waals surface area contributed by atoms with E-state index in [1.807, 2.05) is 24.9 Å². The summed E-state index contributed by atoms with van der Waals surface area (Å²) in [7, 11) is 1.88. The average molecular weight is 235 g/mol. The fourth-order valence-corrected chi connectivity index (χ4v) is 1.79. The van der Waals surface area contributed by atoms with E-state index in [1.165, 1.54) is 0 Å². The highest BCUT2D eigenvalue weighted by Gasteiger charge is 2.15. The summed E-state index contributed by atoms with van der Waals surface area (Å²) in [5.41, 5.74) is 3.83. The van der Waals surface area contributed by atoms with E-state index >= 15 is 0 Å². The largest absolute Gasteiger partial charge is 0.275 e. The number of hydrazine groups is 1. The van der Waals surface area contributed by atoms with E-state index in [0.29, 0.717) is 6.42 Å². The average Bonchev–Trinajstić information content (AvgIpc) is 2.94. The summed E-state index contributed by atoms with van der Waals surface area (Å²) in [4.78, 5) is 4.24.